The Labute approximate surface area is 489 Å². The number of carbonyl (C=O) groups is 3. The fourth-order valence-corrected chi connectivity index (χ4v) is 10.9. The second-order valence-corrected chi connectivity index (χ2v) is 21.7. The number of benzene rings is 5. The number of aryl methyl sites for hydroxylation is 1. The van der Waals surface area contributed by atoms with Crippen molar-refractivity contribution >= 4 is 40.5 Å². The van der Waals surface area contributed by atoms with Gasteiger partial charge in [-0.3, -0.25) is 9.59 Å². The first-order valence-electron chi connectivity index (χ1n) is 29.3. The Kier molecular flexibility index (Phi) is 21.8. The van der Waals surface area contributed by atoms with Gasteiger partial charge in [0.1, 0.15) is 23.4 Å². The molecule has 2 heterocycles. The van der Waals surface area contributed by atoms with E-state index < -0.39 is 29.1 Å². The zero-order valence-corrected chi connectivity index (χ0v) is 49.4. The number of hydrogen-bond donors (Lipinski definition) is 4. The van der Waals surface area contributed by atoms with Crippen LogP contribution in [0.25, 0.3) is 5.57 Å². The molecule has 16 nitrogen and oxygen atoms in total. The average Bonchev–Trinajstić information content (AvgIpc) is 1.79. The van der Waals surface area contributed by atoms with Crippen molar-refractivity contribution in [2.24, 2.45) is 0 Å². The van der Waals surface area contributed by atoms with Crippen LogP contribution in [0.4, 0.5) is 26.2 Å². The van der Waals surface area contributed by atoms with Crippen LogP contribution in [-0.4, -0.2) is 124 Å². The monoisotopic (exact) mass is 1140 g/mol. The minimum atomic E-state index is -1.60. The molecule has 2 saturated heterocycles. The topological polar surface area (TPSA) is 170 Å². The van der Waals surface area contributed by atoms with E-state index in [1.165, 1.54) is 26.0 Å². The number of piperidine rings is 2. The Morgan fingerprint density at radius 2 is 1.31 bits per heavy atom. The molecule has 3 aliphatic rings. The molecule has 0 bridgehead atoms. The summed E-state index contributed by atoms with van der Waals surface area (Å²) in [5, 5.41) is 11.4. The van der Waals surface area contributed by atoms with Crippen molar-refractivity contribution < 1.29 is 51.9 Å². The maximum Gasteiger partial charge on any atom is 0.319 e. The number of hydrogen-bond acceptors (Lipinski definition) is 12. The van der Waals surface area contributed by atoms with Crippen LogP contribution in [0.15, 0.2) is 127 Å². The molecule has 2 fully saturated rings. The average molecular weight is 1140 g/mol. The first-order valence-corrected chi connectivity index (χ1v) is 29.3. The fraction of sp³-hybridized carbons (Fsp3) is 0.439. The van der Waals surface area contributed by atoms with E-state index >= 15 is 4.39 Å². The maximum atomic E-state index is 15.4. The van der Waals surface area contributed by atoms with Crippen molar-refractivity contribution in [2.75, 3.05) is 83.2 Å². The zero-order chi connectivity index (χ0) is 58.9. The van der Waals surface area contributed by atoms with Crippen molar-refractivity contribution in [2.45, 2.75) is 122 Å². The number of nitrogens with one attached hydrogen (secondary N) is 4. The predicted molar refractivity (Wildman–Crippen MR) is 324 cm³/mol. The van der Waals surface area contributed by atoms with Crippen molar-refractivity contribution in [3.8, 4) is 28.7 Å². The van der Waals surface area contributed by atoms with Crippen LogP contribution in [0.2, 0.25) is 0 Å². The largest absolute Gasteiger partial charge is 0.493 e. The van der Waals surface area contributed by atoms with Crippen molar-refractivity contribution in [1.82, 2.24) is 15.1 Å². The molecule has 5 aromatic carbocycles. The number of urea groups is 1. The lowest BCUT2D eigenvalue weighted by molar-refractivity contribution is -0.261. The molecule has 0 aromatic heterocycles. The minimum Gasteiger partial charge on any atom is -0.493 e. The highest BCUT2D eigenvalue weighted by atomic mass is 19.1. The number of carbonyl (C=O) groups excluding carboxylic acids is 3. The number of likely N-dealkylation sites (tertiary alicyclic amines) is 2. The molecular weight excluding hydrogens is 1060 g/mol. The van der Waals surface area contributed by atoms with E-state index in [1.807, 2.05) is 63.2 Å². The minimum absolute atomic E-state index is 0.0712. The van der Waals surface area contributed by atoms with Gasteiger partial charge in [-0.25, -0.2) is 9.18 Å². The number of rotatable bonds is 26. The first-order chi connectivity index (χ1) is 40.2. The highest BCUT2D eigenvalue weighted by molar-refractivity contribution is 6.12. The summed E-state index contributed by atoms with van der Waals surface area (Å²) in [6.45, 7) is 16.5. The number of halogens is 1. The van der Waals surface area contributed by atoms with Gasteiger partial charge in [0.2, 0.25) is 0 Å². The van der Waals surface area contributed by atoms with Gasteiger partial charge in [0, 0.05) is 80.6 Å². The molecule has 2 aliphatic heterocycles. The molecule has 0 spiro atoms. The van der Waals surface area contributed by atoms with Gasteiger partial charge < -0.3 is 64.2 Å². The van der Waals surface area contributed by atoms with E-state index in [2.05, 4.69) is 44.9 Å². The number of amides is 4. The van der Waals surface area contributed by atoms with Crippen LogP contribution in [0.5, 0.6) is 28.7 Å². The second kappa shape index (κ2) is 29.3. The third kappa shape index (κ3) is 15.7. The summed E-state index contributed by atoms with van der Waals surface area (Å²) in [6, 6.07) is 30.6. The highest BCUT2D eigenvalue weighted by Crippen LogP contribution is 2.49. The standard InChI is InChI=1S/C66H83FN6O10/c1-9-12-35-72-37-30-52(31-38-72)80-58-28-19-47(41-45(58)4)62(74)68-49-22-26-53(27-23-49)82-66(83-54-32-39-73(40-33-54)36-13-10-2)34-29-55(61(65(66,5)79-8)46-17-15-14-16-18-46)63(75)69-50-20-24-51(25-21-50)81-60-42-56(67)57(43-59(60)78-7)71-64(76)70-48(11-3)44-77-6/h14-29,34,41-43,48,52,54H,9-13,30-33,35-40,44H2,1-8H3,(H,68,74)(H,69,75)(H2,70,71,76). The third-order valence-corrected chi connectivity index (χ3v) is 15.8. The molecular formula is C66H83FN6O10. The summed E-state index contributed by atoms with van der Waals surface area (Å²) < 4.78 is 59.6. The van der Waals surface area contributed by atoms with Crippen molar-refractivity contribution in [1.29, 1.82) is 0 Å². The summed E-state index contributed by atoms with van der Waals surface area (Å²) in [7, 11) is 4.55. The lowest BCUT2D eigenvalue weighted by Gasteiger charge is -2.50. The Morgan fingerprint density at radius 3 is 1.89 bits per heavy atom. The molecule has 3 unspecified atom stereocenters. The Bertz CT molecular complexity index is 3020. The number of anilines is 3. The van der Waals surface area contributed by atoms with E-state index in [0.717, 1.165) is 101 Å². The predicted octanol–water partition coefficient (Wildman–Crippen LogP) is 12.8. The zero-order valence-electron chi connectivity index (χ0n) is 49.4. The van der Waals surface area contributed by atoms with Gasteiger partial charge in [-0.05, 0) is 162 Å². The summed E-state index contributed by atoms with van der Waals surface area (Å²) in [6.07, 6.45) is 12.2. The number of methoxy groups -OCH3 is 3. The SMILES string of the molecule is CCCCN1CCC(Oc2ccc(C(=O)Nc3ccc(OC4(OC5CCN(CCCC)CC5)C=CC(C(=O)Nc5ccc(Oc6cc(F)c(NC(=O)NC(CC)COC)cc6OC)cc5)=C(c5ccccc5)C4(C)OC)cc3)cc2C)CC1. The molecule has 0 radical (unpaired) electrons. The molecule has 0 saturated carbocycles. The Balaban J connectivity index is 1.01. The summed E-state index contributed by atoms with van der Waals surface area (Å²) >= 11 is 0. The van der Waals surface area contributed by atoms with Crippen LogP contribution < -0.4 is 40.2 Å². The summed E-state index contributed by atoms with van der Waals surface area (Å²) in [5.41, 5.74) is 2.49. The molecule has 3 atom stereocenters. The van der Waals surface area contributed by atoms with Crippen LogP contribution in [0, 0.1) is 12.7 Å². The molecule has 8 rings (SSSR count). The molecule has 4 N–H and O–H groups in total. The van der Waals surface area contributed by atoms with Crippen molar-refractivity contribution in [3.05, 3.63) is 149 Å². The third-order valence-electron chi connectivity index (χ3n) is 15.8. The number of unbranched alkanes of at least 4 members (excludes halogenated alkanes) is 2. The van der Waals surface area contributed by atoms with E-state index in [1.54, 1.807) is 81.0 Å². The first kappa shape index (κ1) is 61.8. The summed E-state index contributed by atoms with van der Waals surface area (Å²) in [5.74, 6) is -1.18. The molecule has 17 heteroatoms. The molecule has 83 heavy (non-hydrogen) atoms. The van der Waals surface area contributed by atoms with Gasteiger partial charge in [0.15, 0.2) is 22.9 Å². The van der Waals surface area contributed by atoms with Gasteiger partial charge in [-0.2, -0.15) is 0 Å². The number of nitrogens with zero attached hydrogens (tertiary/aromatic N) is 2. The smallest absolute Gasteiger partial charge is 0.319 e. The lowest BCUT2D eigenvalue weighted by Crippen LogP contribution is -2.62. The van der Waals surface area contributed by atoms with E-state index in [4.69, 9.17) is 33.2 Å². The molecule has 444 valence electrons. The molecule has 4 amide bonds. The van der Waals surface area contributed by atoms with Gasteiger partial charge in [-0.1, -0.05) is 63.9 Å². The van der Waals surface area contributed by atoms with E-state index in [-0.39, 0.29) is 41.3 Å². The van der Waals surface area contributed by atoms with Gasteiger partial charge in [-0.15, -0.1) is 0 Å². The van der Waals surface area contributed by atoms with Crippen molar-refractivity contribution in [3.63, 3.8) is 0 Å². The molecule has 5 aromatic rings. The van der Waals surface area contributed by atoms with Gasteiger partial charge >= 0.3 is 6.03 Å². The van der Waals surface area contributed by atoms with Gasteiger partial charge in [0.25, 0.3) is 17.6 Å². The lowest BCUT2D eigenvalue weighted by atomic mass is 9.75. The van der Waals surface area contributed by atoms with Crippen LogP contribution >= 0.6 is 0 Å². The second-order valence-electron chi connectivity index (χ2n) is 21.7. The van der Waals surface area contributed by atoms with Gasteiger partial charge in [0.05, 0.1) is 31.5 Å². The van der Waals surface area contributed by atoms with Crippen LogP contribution in [-0.2, 0) is 19.0 Å². The Hall–Kier alpha value is -7.28. The van der Waals surface area contributed by atoms with E-state index in [0.29, 0.717) is 52.6 Å². The normalized spacial score (nSPS) is 19.2. The van der Waals surface area contributed by atoms with Crippen LogP contribution in [0.3, 0.4) is 0 Å². The number of ether oxygens (including phenoxy) is 7. The van der Waals surface area contributed by atoms with Crippen LogP contribution in [0.1, 0.15) is 107 Å². The quantitative estimate of drug-likeness (QED) is 0.0387. The van der Waals surface area contributed by atoms with E-state index in [9.17, 15) is 14.4 Å². The summed E-state index contributed by atoms with van der Waals surface area (Å²) in [4.78, 5) is 46.2. The Morgan fingerprint density at radius 1 is 0.699 bits per heavy atom. The maximum absolute atomic E-state index is 15.4. The molecule has 1 aliphatic carbocycles. The fourth-order valence-electron chi connectivity index (χ4n) is 10.9. The highest BCUT2D eigenvalue weighted by Gasteiger charge is 2.58.